The highest BCUT2D eigenvalue weighted by molar-refractivity contribution is 5.78. The van der Waals surface area contributed by atoms with Gasteiger partial charge in [-0.15, -0.1) is 0 Å². The lowest BCUT2D eigenvalue weighted by Crippen LogP contribution is -2.31. The van der Waals surface area contributed by atoms with Gasteiger partial charge in [-0.25, -0.2) is 0 Å². The van der Waals surface area contributed by atoms with E-state index in [0.29, 0.717) is 25.9 Å². The Bertz CT molecular complexity index is 314. The molecule has 1 aliphatic heterocycles. The van der Waals surface area contributed by atoms with Crippen molar-refractivity contribution in [2.75, 3.05) is 32.7 Å². The van der Waals surface area contributed by atoms with Crippen LogP contribution >= 0.6 is 0 Å². The van der Waals surface area contributed by atoms with Crippen LogP contribution in [0.15, 0.2) is 0 Å². The van der Waals surface area contributed by atoms with Crippen LogP contribution in [0, 0.1) is 5.92 Å². The lowest BCUT2D eigenvalue weighted by Gasteiger charge is -2.21. The molecule has 1 atom stereocenters. The third kappa shape index (κ3) is 5.49. The van der Waals surface area contributed by atoms with Crippen LogP contribution in [0.5, 0.6) is 0 Å². The second-order valence-electron chi connectivity index (χ2n) is 5.61. The monoisotopic (exact) mass is 284 g/mol. The normalized spacial score (nSPS) is 18.8. The summed E-state index contributed by atoms with van der Waals surface area (Å²) >= 11 is 0. The van der Waals surface area contributed by atoms with E-state index in [4.69, 9.17) is 5.11 Å². The number of carboxylic acid groups (broad SMARTS) is 1. The van der Waals surface area contributed by atoms with E-state index in [1.165, 1.54) is 0 Å². The molecule has 0 aromatic rings. The molecular formula is C15H28N2O3. The Morgan fingerprint density at radius 3 is 2.35 bits per heavy atom. The van der Waals surface area contributed by atoms with Crippen molar-refractivity contribution in [1.29, 1.82) is 0 Å². The predicted molar refractivity (Wildman–Crippen MR) is 78.6 cm³/mol. The summed E-state index contributed by atoms with van der Waals surface area (Å²) in [6.07, 6.45) is 4.28. The fourth-order valence-corrected chi connectivity index (χ4v) is 2.77. The van der Waals surface area contributed by atoms with Crippen LogP contribution in [0.1, 0.15) is 46.0 Å². The first kappa shape index (κ1) is 17.0. The summed E-state index contributed by atoms with van der Waals surface area (Å²) in [6, 6.07) is 0. The largest absolute Gasteiger partial charge is 0.481 e. The van der Waals surface area contributed by atoms with Gasteiger partial charge in [0.2, 0.25) is 5.91 Å². The van der Waals surface area contributed by atoms with E-state index in [1.807, 2.05) is 0 Å². The first-order chi connectivity index (χ1) is 9.58. The molecule has 116 valence electrons. The Hall–Kier alpha value is -1.10. The van der Waals surface area contributed by atoms with Crippen molar-refractivity contribution in [2.24, 2.45) is 5.92 Å². The number of likely N-dealkylation sites (tertiary alicyclic amines) is 1. The number of hydrogen-bond donors (Lipinski definition) is 1. The average Bonchev–Trinajstić information content (AvgIpc) is 2.89. The Morgan fingerprint density at radius 2 is 1.85 bits per heavy atom. The van der Waals surface area contributed by atoms with Gasteiger partial charge < -0.3 is 14.9 Å². The van der Waals surface area contributed by atoms with Crippen molar-refractivity contribution in [2.45, 2.75) is 46.0 Å². The zero-order chi connectivity index (χ0) is 15.0. The number of hydrogen-bond acceptors (Lipinski definition) is 3. The van der Waals surface area contributed by atoms with E-state index < -0.39 is 5.97 Å². The lowest BCUT2D eigenvalue weighted by atomic mass is 10.1. The first-order valence-electron chi connectivity index (χ1n) is 7.81. The second kappa shape index (κ2) is 8.95. The molecule has 1 fully saturated rings. The van der Waals surface area contributed by atoms with Gasteiger partial charge in [-0.2, -0.15) is 0 Å². The van der Waals surface area contributed by atoms with Crippen LogP contribution in [0.4, 0.5) is 0 Å². The van der Waals surface area contributed by atoms with Crippen LogP contribution in [-0.4, -0.2) is 59.5 Å². The van der Waals surface area contributed by atoms with Crippen molar-refractivity contribution < 1.29 is 14.7 Å². The molecule has 1 heterocycles. The molecule has 1 amide bonds. The van der Waals surface area contributed by atoms with Crippen LogP contribution in [0.3, 0.4) is 0 Å². The van der Waals surface area contributed by atoms with Crippen LogP contribution in [-0.2, 0) is 9.59 Å². The number of carbonyl (C=O) groups is 2. The first-order valence-corrected chi connectivity index (χ1v) is 7.81. The molecule has 1 saturated heterocycles. The fourth-order valence-electron chi connectivity index (χ4n) is 2.77. The Kier molecular flexibility index (Phi) is 7.59. The minimum Gasteiger partial charge on any atom is -0.481 e. The molecule has 1 rings (SSSR count). The Labute approximate surface area is 121 Å². The maximum Gasteiger partial charge on any atom is 0.308 e. The second-order valence-corrected chi connectivity index (χ2v) is 5.61. The highest BCUT2D eigenvalue weighted by Crippen LogP contribution is 2.17. The van der Waals surface area contributed by atoms with Gasteiger partial charge in [0, 0.05) is 19.5 Å². The summed E-state index contributed by atoms with van der Waals surface area (Å²) in [7, 11) is 0. The van der Waals surface area contributed by atoms with E-state index in [-0.39, 0.29) is 11.8 Å². The molecule has 1 unspecified atom stereocenters. The molecule has 5 nitrogen and oxygen atoms in total. The predicted octanol–water partition coefficient (Wildman–Crippen LogP) is 1.82. The molecule has 0 spiro atoms. The van der Waals surface area contributed by atoms with Gasteiger partial charge in [-0.3, -0.25) is 9.59 Å². The molecule has 0 aliphatic carbocycles. The van der Waals surface area contributed by atoms with Gasteiger partial charge in [0.25, 0.3) is 0 Å². The van der Waals surface area contributed by atoms with Gasteiger partial charge in [-0.05, 0) is 45.3 Å². The zero-order valence-electron chi connectivity index (χ0n) is 12.8. The van der Waals surface area contributed by atoms with Gasteiger partial charge in [0.05, 0.1) is 5.92 Å². The molecule has 0 saturated carbocycles. The van der Waals surface area contributed by atoms with E-state index in [2.05, 4.69) is 18.7 Å². The zero-order valence-corrected chi connectivity index (χ0v) is 12.8. The van der Waals surface area contributed by atoms with Gasteiger partial charge in [0.1, 0.15) is 0 Å². The van der Waals surface area contributed by atoms with Crippen LogP contribution in [0.25, 0.3) is 0 Å². The minimum absolute atomic E-state index is 0.113. The molecule has 0 aromatic heterocycles. The smallest absolute Gasteiger partial charge is 0.308 e. The van der Waals surface area contributed by atoms with Crippen molar-refractivity contribution in [3.63, 3.8) is 0 Å². The van der Waals surface area contributed by atoms with Gasteiger partial charge in [-0.1, -0.05) is 13.8 Å². The number of carboxylic acids is 1. The van der Waals surface area contributed by atoms with Gasteiger partial charge in [0.15, 0.2) is 0 Å². The molecular weight excluding hydrogens is 256 g/mol. The fraction of sp³-hybridized carbons (Fsp3) is 0.867. The summed E-state index contributed by atoms with van der Waals surface area (Å²) < 4.78 is 0. The molecule has 0 bridgehead atoms. The summed E-state index contributed by atoms with van der Waals surface area (Å²) in [4.78, 5) is 27.0. The van der Waals surface area contributed by atoms with E-state index in [9.17, 15) is 9.59 Å². The molecule has 5 heteroatoms. The van der Waals surface area contributed by atoms with Crippen molar-refractivity contribution in [3.8, 4) is 0 Å². The number of amides is 1. The highest BCUT2D eigenvalue weighted by Gasteiger charge is 2.30. The van der Waals surface area contributed by atoms with Gasteiger partial charge >= 0.3 is 5.97 Å². The third-order valence-electron chi connectivity index (χ3n) is 3.83. The summed E-state index contributed by atoms with van der Waals surface area (Å²) in [5.41, 5.74) is 0. The molecule has 1 aliphatic rings. The van der Waals surface area contributed by atoms with E-state index in [1.54, 1.807) is 4.90 Å². The Balaban J connectivity index is 2.24. The lowest BCUT2D eigenvalue weighted by molar-refractivity contribution is -0.141. The Morgan fingerprint density at radius 1 is 1.20 bits per heavy atom. The summed E-state index contributed by atoms with van der Waals surface area (Å²) in [5.74, 6) is -1.03. The summed E-state index contributed by atoms with van der Waals surface area (Å²) in [5, 5.41) is 8.94. The number of carbonyl (C=O) groups excluding carboxylic acids is 1. The summed E-state index contributed by atoms with van der Waals surface area (Å²) in [6.45, 7) is 8.47. The average molecular weight is 284 g/mol. The van der Waals surface area contributed by atoms with Crippen LogP contribution < -0.4 is 0 Å². The minimum atomic E-state index is -0.780. The van der Waals surface area contributed by atoms with Crippen molar-refractivity contribution in [3.05, 3.63) is 0 Å². The van der Waals surface area contributed by atoms with Crippen molar-refractivity contribution >= 4 is 11.9 Å². The quantitative estimate of drug-likeness (QED) is 0.701. The number of rotatable bonds is 9. The maximum atomic E-state index is 12.0. The number of aliphatic carboxylic acids is 1. The van der Waals surface area contributed by atoms with E-state index >= 15 is 0 Å². The highest BCUT2D eigenvalue weighted by atomic mass is 16.4. The number of nitrogens with zero attached hydrogens (tertiary/aromatic N) is 2. The molecule has 20 heavy (non-hydrogen) atoms. The molecule has 0 aromatic carbocycles. The standard InChI is InChI=1S/C15H28N2O3/c1-3-8-16(9-4-2)10-5-6-14(18)17-11-7-13(12-17)15(19)20/h13H,3-12H2,1-2H3,(H,19,20). The maximum absolute atomic E-state index is 12.0. The topological polar surface area (TPSA) is 60.9 Å². The molecule has 0 radical (unpaired) electrons. The third-order valence-corrected chi connectivity index (χ3v) is 3.83. The van der Waals surface area contributed by atoms with Crippen molar-refractivity contribution in [1.82, 2.24) is 9.80 Å². The SMILES string of the molecule is CCCN(CCC)CCCC(=O)N1CCC(C(=O)O)C1. The van der Waals surface area contributed by atoms with E-state index in [0.717, 1.165) is 38.9 Å². The molecule has 1 N–H and O–H groups in total. The van der Waals surface area contributed by atoms with Crippen LogP contribution in [0.2, 0.25) is 0 Å².